The fraction of sp³-hybridized carbons (Fsp3) is 0.462. The Hall–Kier alpha value is -0.400. The van der Waals surface area contributed by atoms with E-state index in [1.807, 2.05) is 18.7 Å². The van der Waals surface area contributed by atoms with Crippen LogP contribution in [-0.2, 0) is 13.5 Å². The predicted octanol–water partition coefficient (Wildman–Crippen LogP) is 3.29. The van der Waals surface area contributed by atoms with Gasteiger partial charge in [0, 0.05) is 25.2 Å². The first-order chi connectivity index (χ1) is 8.60. The van der Waals surface area contributed by atoms with E-state index in [1.165, 1.54) is 14.1 Å². The first kappa shape index (κ1) is 14.0. The molecule has 3 nitrogen and oxygen atoms in total. The molecule has 1 atom stereocenters. The number of halogens is 1. The number of thiophene rings is 1. The third-order valence-corrected chi connectivity index (χ3v) is 4.76. The highest BCUT2D eigenvalue weighted by Crippen LogP contribution is 2.25. The SMILES string of the molecule is CCNC(Cc1cc(C)nn1C)c1csc(I)c1. The van der Waals surface area contributed by atoms with Crippen LogP contribution in [0.15, 0.2) is 17.5 Å². The highest BCUT2D eigenvalue weighted by molar-refractivity contribution is 14.1. The van der Waals surface area contributed by atoms with E-state index in [2.05, 4.69) is 57.4 Å². The number of hydrogen-bond donors (Lipinski definition) is 1. The van der Waals surface area contributed by atoms with Gasteiger partial charge in [-0.2, -0.15) is 5.10 Å². The monoisotopic (exact) mass is 375 g/mol. The third kappa shape index (κ3) is 3.33. The van der Waals surface area contributed by atoms with Gasteiger partial charge >= 0.3 is 0 Å². The molecule has 0 bridgehead atoms. The number of hydrogen-bond acceptors (Lipinski definition) is 3. The fourth-order valence-electron chi connectivity index (χ4n) is 2.12. The van der Waals surface area contributed by atoms with Crippen molar-refractivity contribution in [3.8, 4) is 0 Å². The molecule has 18 heavy (non-hydrogen) atoms. The molecule has 0 aliphatic carbocycles. The molecular formula is C13H18IN3S. The lowest BCUT2D eigenvalue weighted by molar-refractivity contribution is 0.530. The van der Waals surface area contributed by atoms with Gasteiger partial charge in [-0.25, -0.2) is 0 Å². The van der Waals surface area contributed by atoms with Gasteiger partial charge in [0.15, 0.2) is 0 Å². The summed E-state index contributed by atoms with van der Waals surface area (Å²) in [5.74, 6) is 0. The second-order valence-electron chi connectivity index (χ2n) is 4.40. The van der Waals surface area contributed by atoms with Crippen LogP contribution >= 0.6 is 33.9 Å². The fourth-order valence-corrected chi connectivity index (χ4v) is 3.55. The maximum atomic E-state index is 4.41. The van der Waals surface area contributed by atoms with Crippen molar-refractivity contribution in [2.45, 2.75) is 26.3 Å². The zero-order chi connectivity index (χ0) is 13.1. The lowest BCUT2D eigenvalue weighted by Gasteiger charge is -2.16. The molecule has 0 aliphatic heterocycles. The Morgan fingerprint density at radius 2 is 2.28 bits per heavy atom. The molecule has 2 aromatic rings. The average Bonchev–Trinajstić information content (AvgIpc) is 2.85. The second-order valence-corrected chi connectivity index (χ2v) is 7.20. The van der Waals surface area contributed by atoms with Crippen LogP contribution in [0.25, 0.3) is 0 Å². The maximum Gasteiger partial charge on any atom is 0.0656 e. The van der Waals surface area contributed by atoms with Crippen LogP contribution in [0.3, 0.4) is 0 Å². The molecular weight excluding hydrogens is 357 g/mol. The normalized spacial score (nSPS) is 12.9. The zero-order valence-corrected chi connectivity index (χ0v) is 13.9. The minimum atomic E-state index is 0.379. The van der Waals surface area contributed by atoms with E-state index in [-0.39, 0.29) is 0 Å². The number of aryl methyl sites for hydroxylation is 2. The lowest BCUT2D eigenvalue weighted by atomic mass is 10.1. The van der Waals surface area contributed by atoms with Gasteiger partial charge < -0.3 is 5.32 Å². The summed E-state index contributed by atoms with van der Waals surface area (Å²) in [5, 5.41) is 10.2. The first-order valence-corrected chi connectivity index (χ1v) is 8.02. The van der Waals surface area contributed by atoms with E-state index in [9.17, 15) is 0 Å². The van der Waals surface area contributed by atoms with E-state index in [0.29, 0.717) is 6.04 Å². The van der Waals surface area contributed by atoms with Crippen molar-refractivity contribution in [3.05, 3.63) is 37.3 Å². The molecule has 0 saturated heterocycles. The Kier molecular flexibility index (Phi) is 4.80. The van der Waals surface area contributed by atoms with E-state index < -0.39 is 0 Å². The minimum absolute atomic E-state index is 0.379. The molecule has 0 spiro atoms. The topological polar surface area (TPSA) is 29.9 Å². The van der Waals surface area contributed by atoms with Gasteiger partial charge in [0.2, 0.25) is 0 Å². The average molecular weight is 375 g/mol. The van der Waals surface area contributed by atoms with Crippen LogP contribution in [0.5, 0.6) is 0 Å². The Morgan fingerprint density at radius 1 is 1.50 bits per heavy atom. The van der Waals surface area contributed by atoms with Gasteiger partial charge in [-0.15, -0.1) is 11.3 Å². The molecule has 2 heterocycles. The first-order valence-electron chi connectivity index (χ1n) is 6.07. The highest BCUT2D eigenvalue weighted by Gasteiger charge is 2.15. The van der Waals surface area contributed by atoms with E-state index in [4.69, 9.17) is 0 Å². The summed E-state index contributed by atoms with van der Waals surface area (Å²) in [5.41, 5.74) is 3.74. The van der Waals surface area contributed by atoms with Crippen molar-refractivity contribution in [2.24, 2.45) is 7.05 Å². The Balaban J connectivity index is 2.18. The summed E-state index contributed by atoms with van der Waals surface area (Å²) in [6, 6.07) is 4.81. The van der Waals surface area contributed by atoms with Crippen molar-refractivity contribution in [3.63, 3.8) is 0 Å². The van der Waals surface area contributed by atoms with Crippen molar-refractivity contribution in [2.75, 3.05) is 6.54 Å². The van der Waals surface area contributed by atoms with Crippen LogP contribution in [0.1, 0.15) is 29.9 Å². The summed E-state index contributed by atoms with van der Waals surface area (Å²) < 4.78 is 3.32. The van der Waals surface area contributed by atoms with Crippen LogP contribution < -0.4 is 5.32 Å². The molecule has 98 valence electrons. The van der Waals surface area contributed by atoms with E-state index >= 15 is 0 Å². The number of rotatable bonds is 5. The van der Waals surface area contributed by atoms with Gasteiger partial charge in [0.1, 0.15) is 0 Å². The quantitative estimate of drug-likeness (QED) is 0.813. The largest absolute Gasteiger partial charge is 0.310 e. The van der Waals surface area contributed by atoms with Gasteiger partial charge in [0.05, 0.1) is 8.58 Å². The van der Waals surface area contributed by atoms with Crippen LogP contribution in [0.4, 0.5) is 0 Å². The Labute approximate surface area is 126 Å². The summed E-state index contributed by atoms with van der Waals surface area (Å²) in [6.45, 7) is 5.17. The Bertz CT molecular complexity index is 518. The predicted molar refractivity (Wildman–Crippen MR) is 85.1 cm³/mol. The summed E-state index contributed by atoms with van der Waals surface area (Å²) >= 11 is 4.18. The number of nitrogens with one attached hydrogen (secondary N) is 1. The van der Waals surface area contributed by atoms with Gasteiger partial charge in [-0.1, -0.05) is 6.92 Å². The minimum Gasteiger partial charge on any atom is -0.310 e. The molecule has 0 fully saturated rings. The summed E-state index contributed by atoms with van der Waals surface area (Å²) in [4.78, 5) is 0. The molecule has 1 N–H and O–H groups in total. The van der Waals surface area contributed by atoms with Crippen molar-refractivity contribution >= 4 is 33.9 Å². The molecule has 0 aromatic carbocycles. The molecule has 5 heteroatoms. The van der Waals surface area contributed by atoms with E-state index in [1.54, 1.807) is 11.3 Å². The van der Waals surface area contributed by atoms with Crippen molar-refractivity contribution < 1.29 is 0 Å². The zero-order valence-electron chi connectivity index (χ0n) is 10.9. The second kappa shape index (κ2) is 6.16. The van der Waals surface area contributed by atoms with Gasteiger partial charge in [-0.3, -0.25) is 4.68 Å². The lowest BCUT2D eigenvalue weighted by Crippen LogP contribution is -2.23. The van der Waals surface area contributed by atoms with Gasteiger partial charge in [0.25, 0.3) is 0 Å². The Morgan fingerprint density at radius 3 is 2.78 bits per heavy atom. The van der Waals surface area contributed by atoms with E-state index in [0.717, 1.165) is 18.7 Å². The van der Waals surface area contributed by atoms with Crippen LogP contribution in [0.2, 0.25) is 0 Å². The standard InChI is InChI=1S/C13H18IN3S/c1-4-15-12(10-6-13(14)18-8-10)7-11-5-9(2)16-17(11)3/h5-6,8,12,15H,4,7H2,1-3H3. The summed E-state index contributed by atoms with van der Waals surface area (Å²) in [6.07, 6.45) is 0.984. The highest BCUT2D eigenvalue weighted by atomic mass is 127. The molecule has 2 rings (SSSR count). The molecule has 1 unspecified atom stereocenters. The maximum absolute atomic E-state index is 4.41. The van der Waals surface area contributed by atoms with Crippen LogP contribution in [0, 0.1) is 9.81 Å². The number of nitrogens with zero attached hydrogens (tertiary/aromatic N) is 2. The molecule has 0 amide bonds. The molecule has 0 saturated carbocycles. The van der Waals surface area contributed by atoms with Gasteiger partial charge in [-0.05, 0) is 59.1 Å². The third-order valence-electron chi connectivity index (χ3n) is 2.95. The summed E-state index contributed by atoms with van der Waals surface area (Å²) in [7, 11) is 2.02. The van der Waals surface area contributed by atoms with Crippen molar-refractivity contribution in [1.29, 1.82) is 0 Å². The van der Waals surface area contributed by atoms with Crippen LogP contribution in [-0.4, -0.2) is 16.3 Å². The number of aromatic nitrogens is 2. The molecule has 0 radical (unpaired) electrons. The molecule has 2 aromatic heterocycles. The van der Waals surface area contributed by atoms with Crippen molar-refractivity contribution in [1.82, 2.24) is 15.1 Å². The molecule has 0 aliphatic rings. The number of likely N-dealkylation sites (N-methyl/N-ethyl adjacent to an activating group) is 1. The smallest absolute Gasteiger partial charge is 0.0656 e.